The molecule has 2 aromatic rings. The van der Waals surface area contributed by atoms with Crippen LogP contribution in [0.1, 0.15) is 11.6 Å². The van der Waals surface area contributed by atoms with Crippen molar-refractivity contribution in [3.05, 3.63) is 42.7 Å². The van der Waals surface area contributed by atoms with Crippen molar-refractivity contribution in [1.29, 1.82) is 0 Å². The van der Waals surface area contributed by atoms with Crippen LogP contribution in [0.25, 0.3) is 0 Å². The van der Waals surface area contributed by atoms with Crippen LogP contribution >= 0.6 is 0 Å². The summed E-state index contributed by atoms with van der Waals surface area (Å²) in [7, 11) is 0. The van der Waals surface area contributed by atoms with Gasteiger partial charge in [-0.2, -0.15) is 5.10 Å². The number of rotatable bonds is 4. The minimum Gasteiger partial charge on any atom is -0.389 e. The van der Waals surface area contributed by atoms with Crippen LogP contribution < -0.4 is 5.32 Å². The number of fused-ring (bicyclic) bond motifs is 2. The summed E-state index contributed by atoms with van der Waals surface area (Å²) in [5, 5.41) is 18.2. The largest absolute Gasteiger partial charge is 0.389 e. The summed E-state index contributed by atoms with van der Waals surface area (Å²) < 4.78 is 13.1. The first kappa shape index (κ1) is 13.8. The standard InChI is InChI=1S/C14H17N5O3/c20-13-11(17-5-9-2-1-3-15-4-9)10-6-21-14(22-10)12(13)19-8-16-7-18-19/h1-4,7-8,10-14,17,20H,5-6H2/t10-,11-,12-,13+,14-/m1/s1. The smallest absolute Gasteiger partial charge is 0.183 e. The highest BCUT2D eigenvalue weighted by Crippen LogP contribution is 2.35. The van der Waals surface area contributed by atoms with Gasteiger partial charge in [-0.3, -0.25) is 4.98 Å². The number of pyridine rings is 1. The SMILES string of the molecule is O[C@H]1[C@H](NCc2cccnc2)[C@H]2CO[C@H](O2)[C@@H]1n1cncn1. The Morgan fingerprint density at radius 2 is 2.36 bits per heavy atom. The average molecular weight is 303 g/mol. The van der Waals surface area contributed by atoms with E-state index >= 15 is 0 Å². The van der Waals surface area contributed by atoms with E-state index in [1.54, 1.807) is 23.4 Å². The molecule has 5 atom stereocenters. The third-order valence-corrected chi connectivity index (χ3v) is 4.14. The molecular formula is C14H17N5O3. The van der Waals surface area contributed by atoms with E-state index in [4.69, 9.17) is 9.47 Å². The summed E-state index contributed by atoms with van der Waals surface area (Å²) in [5.74, 6) is 0. The molecule has 0 aliphatic carbocycles. The zero-order valence-corrected chi connectivity index (χ0v) is 11.8. The van der Waals surface area contributed by atoms with Crippen LogP contribution in [0, 0.1) is 0 Å². The van der Waals surface area contributed by atoms with Gasteiger partial charge in [0.2, 0.25) is 0 Å². The number of aliphatic hydroxyl groups excluding tert-OH is 1. The van der Waals surface area contributed by atoms with E-state index in [-0.39, 0.29) is 12.1 Å². The molecule has 0 amide bonds. The molecule has 0 saturated carbocycles. The van der Waals surface area contributed by atoms with Crippen molar-refractivity contribution in [3.8, 4) is 0 Å². The molecule has 22 heavy (non-hydrogen) atoms. The quantitative estimate of drug-likeness (QED) is 0.785. The second-order valence-corrected chi connectivity index (χ2v) is 5.50. The zero-order valence-electron chi connectivity index (χ0n) is 11.8. The summed E-state index contributed by atoms with van der Waals surface area (Å²) in [6.07, 6.45) is 5.20. The lowest BCUT2D eigenvalue weighted by Gasteiger charge is -2.38. The van der Waals surface area contributed by atoms with Crippen LogP contribution in [0.15, 0.2) is 37.2 Å². The second-order valence-electron chi connectivity index (χ2n) is 5.50. The van der Waals surface area contributed by atoms with Gasteiger partial charge in [0.15, 0.2) is 6.29 Å². The van der Waals surface area contributed by atoms with Crippen LogP contribution in [-0.2, 0) is 16.0 Å². The Labute approximate surface area is 127 Å². The maximum atomic E-state index is 10.7. The number of hydrogen-bond donors (Lipinski definition) is 2. The molecule has 2 saturated heterocycles. The molecule has 2 fully saturated rings. The third-order valence-electron chi connectivity index (χ3n) is 4.14. The van der Waals surface area contributed by atoms with Crippen molar-refractivity contribution < 1.29 is 14.6 Å². The molecule has 2 aliphatic rings. The van der Waals surface area contributed by atoms with Gasteiger partial charge in [-0.05, 0) is 11.6 Å². The molecule has 4 rings (SSSR count). The fourth-order valence-electron chi connectivity index (χ4n) is 3.04. The lowest BCUT2D eigenvalue weighted by atomic mass is 9.96. The summed E-state index contributed by atoms with van der Waals surface area (Å²) in [5.41, 5.74) is 1.05. The summed E-state index contributed by atoms with van der Waals surface area (Å²) >= 11 is 0. The Hall–Kier alpha value is -1.87. The fourth-order valence-corrected chi connectivity index (χ4v) is 3.04. The van der Waals surface area contributed by atoms with Crippen molar-refractivity contribution in [1.82, 2.24) is 25.1 Å². The second kappa shape index (κ2) is 5.73. The van der Waals surface area contributed by atoms with Gasteiger partial charge in [0.05, 0.1) is 18.8 Å². The summed E-state index contributed by atoms with van der Waals surface area (Å²) in [6, 6.07) is 3.22. The van der Waals surface area contributed by atoms with Crippen LogP contribution in [0.2, 0.25) is 0 Å². The zero-order chi connectivity index (χ0) is 14.9. The van der Waals surface area contributed by atoms with Gasteiger partial charge in [-0.15, -0.1) is 0 Å². The van der Waals surface area contributed by atoms with Gasteiger partial charge in [-0.25, -0.2) is 9.67 Å². The predicted molar refractivity (Wildman–Crippen MR) is 74.5 cm³/mol. The molecule has 2 bridgehead atoms. The van der Waals surface area contributed by atoms with E-state index < -0.39 is 18.4 Å². The highest BCUT2D eigenvalue weighted by atomic mass is 16.7. The van der Waals surface area contributed by atoms with Crippen molar-refractivity contribution in [2.75, 3.05) is 6.61 Å². The van der Waals surface area contributed by atoms with Gasteiger partial charge in [0.1, 0.15) is 24.8 Å². The number of aliphatic hydroxyl groups is 1. The molecular weight excluding hydrogens is 286 g/mol. The topological polar surface area (TPSA) is 94.3 Å². The molecule has 2 N–H and O–H groups in total. The predicted octanol–water partition coefficient (Wildman–Crippen LogP) is -0.511. The molecule has 8 nitrogen and oxygen atoms in total. The third kappa shape index (κ3) is 2.40. The minimum atomic E-state index is -0.676. The van der Waals surface area contributed by atoms with E-state index in [9.17, 15) is 5.11 Å². The Morgan fingerprint density at radius 3 is 3.14 bits per heavy atom. The molecule has 0 unspecified atom stereocenters. The van der Waals surface area contributed by atoms with E-state index in [2.05, 4.69) is 20.4 Å². The Morgan fingerprint density at radius 1 is 1.41 bits per heavy atom. The van der Waals surface area contributed by atoms with E-state index in [0.29, 0.717) is 13.2 Å². The maximum absolute atomic E-state index is 10.7. The van der Waals surface area contributed by atoms with Gasteiger partial charge < -0.3 is 19.9 Å². The molecule has 0 aromatic carbocycles. The summed E-state index contributed by atoms with van der Waals surface area (Å²) in [6.45, 7) is 1.06. The van der Waals surface area contributed by atoms with Crippen molar-refractivity contribution in [2.45, 2.75) is 37.1 Å². The van der Waals surface area contributed by atoms with Crippen LogP contribution in [-0.4, -0.2) is 56.0 Å². The number of ether oxygens (including phenoxy) is 2. The van der Waals surface area contributed by atoms with Gasteiger partial charge in [-0.1, -0.05) is 6.07 Å². The lowest BCUT2D eigenvalue weighted by Crippen LogP contribution is -2.57. The van der Waals surface area contributed by atoms with Crippen molar-refractivity contribution >= 4 is 0 Å². The molecule has 0 spiro atoms. The molecule has 8 heteroatoms. The molecule has 2 aromatic heterocycles. The van der Waals surface area contributed by atoms with Crippen LogP contribution in [0.5, 0.6) is 0 Å². The number of nitrogens with zero attached hydrogens (tertiary/aromatic N) is 4. The fraction of sp³-hybridized carbons (Fsp3) is 0.500. The van der Waals surface area contributed by atoms with E-state index in [0.717, 1.165) is 5.56 Å². The van der Waals surface area contributed by atoms with Crippen LogP contribution in [0.4, 0.5) is 0 Å². The normalized spacial score (nSPS) is 34.0. The lowest BCUT2D eigenvalue weighted by molar-refractivity contribution is -0.168. The number of aromatic nitrogens is 4. The Bertz CT molecular complexity index is 608. The number of hydrogen-bond acceptors (Lipinski definition) is 7. The van der Waals surface area contributed by atoms with Gasteiger partial charge >= 0.3 is 0 Å². The van der Waals surface area contributed by atoms with Crippen molar-refractivity contribution in [3.63, 3.8) is 0 Å². The molecule has 2 aliphatic heterocycles. The number of nitrogens with one attached hydrogen (secondary N) is 1. The Kier molecular flexibility index (Phi) is 3.59. The first-order valence-corrected chi connectivity index (χ1v) is 7.24. The highest BCUT2D eigenvalue weighted by Gasteiger charge is 2.51. The van der Waals surface area contributed by atoms with Crippen molar-refractivity contribution in [2.24, 2.45) is 0 Å². The minimum absolute atomic E-state index is 0.170. The first-order valence-electron chi connectivity index (χ1n) is 7.24. The monoisotopic (exact) mass is 303 g/mol. The summed E-state index contributed by atoms with van der Waals surface area (Å²) in [4.78, 5) is 8.02. The van der Waals surface area contributed by atoms with Gasteiger partial charge in [0.25, 0.3) is 0 Å². The van der Waals surface area contributed by atoms with E-state index in [1.165, 1.54) is 6.33 Å². The highest BCUT2D eigenvalue weighted by molar-refractivity contribution is 5.09. The van der Waals surface area contributed by atoms with E-state index in [1.807, 2.05) is 12.1 Å². The average Bonchev–Trinajstić information content (AvgIpc) is 3.20. The van der Waals surface area contributed by atoms with Crippen LogP contribution in [0.3, 0.4) is 0 Å². The van der Waals surface area contributed by atoms with Gasteiger partial charge in [0, 0.05) is 18.9 Å². The maximum Gasteiger partial charge on any atom is 0.183 e. The molecule has 116 valence electrons. The molecule has 0 radical (unpaired) electrons. The Balaban J connectivity index is 1.51. The first-order chi connectivity index (χ1) is 10.8. The molecule has 4 heterocycles.